The molecule has 0 aromatic heterocycles. The average Bonchev–Trinajstić information content (AvgIpc) is 2.14. The molecule has 0 amide bonds. The Labute approximate surface area is 48.2 Å². The molecule has 0 atom stereocenters. The fourth-order valence-electron chi connectivity index (χ4n) is 0.513. The van der Waals surface area contributed by atoms with E-state index in [-0.39, 0.29) is 0 Å². The molecule has 3 heteroatoms. The minimum Gasteiger partial charge on any atom is -0.310 e. The summed E-state index contributed by atoms with van der Waals surface area (Å²) in [6.07, 6.45) is 1.72. The second kappa shape index (κ2) is 1.85. The normalized spacial score (nSPS) is 19.2. The first kappa shape index (κ1) is 5.13. The Kier molecular flexibility index (Phi) is 1.18. The highest BCUT2D eigenvalue weighted by Gasteiger charge is 2.05. The fraction of sp³-hybridized carbons (Fsp3) is 0.200. The minimum absolute atomic E-state index is 0.590. The lowest BCUT2D eigenvalue weighted by Crippen LogP contribution is -2.24. The maximum absolute atomic E-state index is 8.26. The second-order valence-electron chi connectivity index (χ2n) is 1.56. The molecule has 0 aromatic carbocycles. The monoisotopic (exact) mass is 108 g/mol. The zero-order valence-corrected chi connectivity index (χ0v) is 4.55. The number of allylic oxidation sites excluding steroid dienone is 1. The molecule has 0 unspecified atom stereocenters. The molecule has 0 aromatic rings. The summed E-state index contributed by atoms with van der Waals surface area (Å²) in [6, 6.07) is 1.97. The number of likely N-dealkylation sites (N-methyl/N-ethyl adjacent to an activating group) is 1. The summed E-state index contributed by atoms with van der Waals surface area (Å²) in [5.41, 5.74) is 3.37. The van der Waals surface area contributed by atoms with Crippen LogP contribution in [0.15, 0.2) is 11.8 Å². The van der Waals surface area contributed by atoms with Gasteiger partial charge in [0.1, 0.15) is 11.8 Å². The smallest absolute Gasteiger partial charge is 0.125 e. The molecule has 1 aliphatic rings. The van der Waals surface area contributed by atoms with Crippen molar-refractivity contribution in [2.24, 2.45) is 0 Å². The maximum atomic E-state index is 8.26. The molecule has 1 N–H and O–H groups in total. The minimum atomic E-state index is 0.590. The van der Waals surface area contributed by atoms with Gasteiger partial charge in [-0.2, -0.15) is 5.26 Å². The topological polar surface area (TPSA) is 39.1 Å². The van der Waals surface area contributed by atoms with Crippen LogP contribution in [0.25, 0.3) is 0 Å². The van der Waals surface area contributed by atoms with E-state index in [9.17, 15) is 0 Å². The van der Waals surface area contributed by atoms with Gasteiger partial charge in [-0.15, -0.1) is 0 Å². The molecule has 41 valence electrons. The number of nitrogens with one attached hydrogen (secondary N) is 1. The summed E-state index contributed by atoms with van der Waals surface area (Å²) in [7, 11) is 1.83. The van der Waals surface area contributed by atoms with Crippen LogP contribution in [0.2, 0.25) is 0 Å². The van der Waals surface area contributed by atoms with Crippen molar-refractivity contribution in [3.05, 3.63) is 18.3 Å². The van der Waals surface area contributed by atoms with Crippen molar-refractivity contribution in [2.45, 2.75) is 0 Å². The zero-order valence-electron chi connectivity index (χ0n) is 4.55. The van der Waals surface area contributed by atoms with Crippen molar-refractivity contribution in [2.75, 3.05) is 7.05 Å². The predicted molar refractivity (Wildman–Crippen MR) is 28.9 cm³/mol. The van der Waals surface area contributed by atoms with Gasteiger partial charge in [0.25, 0.3) is 0 Å². The molecular weight excluding hydrogens is 102 g/mol. The Bertz CT molecular complexity index is 154. The van der Waals surface area contributed by atoms with Crippen molar-refractivity contribution in [1.82, 2.24) is 10.4 Å². The first-order valence-corrected chi connectivity index (χ1v) is 2.27. The van der Waals surface area contributed by atoms with Gasteiger partial charge >= 0.3 is 0 Å². The summed E-state index contributed by atoms with van der Waals surface area (Å²) in [4.78, 5) is 0. The number of rotatable bonds is 0. The molecule has 0 bridgehead atoms. The van der Waals surface area contributed by atoms with Crippen molar-refractivity contribution in [3.63, 3.8) is 0 Å². The number of nitrogens with zero attached hydrogens (tertiary/aromatic N) is 2. The first-order valence-electron chi connectivity index (χ1n) is 2.27. The standard InChI is InChI=1S/C5H6N3/c1-8-3-2-5(4-6)7-8/h2-3,7H,1H3. The van der Waals surface area contributed by atoms with Crippen molar-refractivity contribution in [1.29, 1.82) is 5.26 Å². The summed E-state index contributed by atoms with van der Waals surface area (Å²) in [6.45, 7) is 1.79. The van der Waals surface area contributed by atoms with Gasteiger partial charge in [0.05, 0.1) is 6.54 Å². The Hall–Kier alpha value is -1.01. The molecule has 3 nitrogen and oxygen atoms in total. The number of nitriles is 1. The van der Waals surface area contributed by atoms with Gasteiger partial charge in [-0.3, -0.25) is 0 Å². The Morgan fingerprint density at radius 3 is 2.88 bits per heavy atom. The van der Waals surface area contributed by atoms with E-state index < -0.39 is 0 Å². The van der Waals surface area contributed by atoms with Crippen LogP contribution in [0.4, 0.5) is 0 Å². The molecule has 1 aliphatic heterocycles. The molecule has 0 saturated carbocycles. The third-order valence-electron chi connectivity index (χ3n) is 0.882. The van der Waals surface area contributed by atoms with Crippen LogP contribution in [0.5, 0.6) is 0 Å². The highest BCUT2D eigenvalue weighted by atomic mass is 15.5. The van der Waals surface area contributed by atoms with Crippen LogP contribution in [-0.2, 0) is 0 Å². The van der Waals surface area contributed by atoms with Crippen LogP contribution in [0, 0.1) is 17.9 Å². The van der Waals surface area contributed by atoms with E-state index in [1.54, 1.807) is 17.6 Å². The van der Waals surface area contributed by atoms with Crippen LogP contribution >= 0.6 is 0 Å². The summed E-state index contributed by atoms with van der Waals surface area (Å²) in [5, 5.41) is 9.98. The first-order chi connectivity index (χ1) is 3.83. The largest absolute Gasteiger partial charge is 0.310 e. The molecule has 0 saturated heterocycles. The lowest BCUT2D eigenvalue weighted by molar-refractivity contribution is 0.371. The molecule has 0 aliphatic carbocycles. The van der Waals surface area contributed by atoms with Crippen molar-refractivity contribution < 1.29 is 0 Å². The third kappa shape index (κ3) is 0.796. The summed E-state index contributed by atoms with van der Waals surface area (Å²) >= 11 is 0. The number of hydrogen-bond acceptors (Lipinski definition) is 3. The molecule has 1 rings (SSSR count). The number of hydrogen-bond donors (Lipinski definition) is 1. The van der Waals surface area contributed by atoms with Gasteiger partial charge in [-0.1, -0.05) is 0 Å². The highest BCUT2D eigenvalue weighted by Crippen LogP contribution is 2.00. The van der Waals surface area contributed by atoms with Crippen LogP contribution in [-0.4, -0.2) is 12.1 Å². The van der Waals surface area contributed by atoms with Crippen LogP contribution in [0.1, 0.15) is 0 Å². The Morgan fingerprint density at radius 1 is 1.88 bits per heavy atom. The number of hydrazine groups is 1. The van der Waals surface area contributed by atoms with Gasteiger partial charge in [-0.05, 0) is 6.08 Å². The van der Waals surface area contributed by atoms with Gasteiger partial charge in [0.2, 0.25) is 0 Å². The van der Waals surface area contributed by atoms with Gasteiger partial charge in [0.15, 0.2) is 0 Å². The van der Waals surface area contributed by atoms with E-state index in [1.165, 1.54) is 0 Å². The van der Waals surface area contributed by atoms with E-state index in [1.807, 2.05) is 13.1 Å². The average molecular weight is 108 g/mol. The van der Waals surface area contributed by atoms with Gasteiger partial charge in [-0.25, -0.2) is 5.01 Å². The summed E-state index contributed by atoms with van der Waals surface area (Å²) in [5.74, 6) is 0. The maximum Gasteiger partial charge on any atom is 0.125 e. The van der Waals surface area contributed by atoms with Gasteiger partial charge in [0, 0.05) is 7.05 Å². The van der Waals surface area contributed by atoms with Crippen molar-refractivity contribution in [3.8, 4) is 6.07 Å². The van der Waals surface area contributed by atoms with E-state index in [0.29, 0.717) is 5.70 Å². The molecular formula is C5H6N3. The van der Waals surface area contributed by atoms with Crippen LogP contribution in [0.3, 0.4) is 0 Å². The van der Waals surface area contributed by atoms with E-state index >= 15 is 0 Å². The predicted octanol–water partition coefficient (Wildman–Crippen LogP) is 0.00567. The van der Waals surface area contributed by atoms with Crippen molar-refractivity contribution >= 4 is 0 Å². The quantitative estimate of drug-likeness (QED) is 0.475. The Balaban J connectivity index is 2.53. The summed E-state index contributed by atoms with van der Waals surface area (Å²) < 4.78 is 0. The molecule has 8 heavy (non-hydrogen) atoms. The van der Waals surface area contributed by atoms with E-state index in [2.05, 4.69) is 5.43 Å². The van der Waals surface area contributed by atoms with Crippen LogP contribution < -0.4 is 5.43 Å². The van der Waals surface area contributed by atoms with E-state index in [4.69, 9.17) is 5.26 Å². The SMILES string of the molecule is CN1[CH]C=C(C#N)N1. The highest BCUT2D eigenvalue weighted by molar-refractivity contribution is 5.24. The lowest BCUT2D eigenvalue weighted by Gasteiger charge is -2.05. The third-order valence-corrected chi connectivity index (χ3v) is 0.882. The fourth-order valence-corrected chi connectivity index (χ4v) is 0.513. The molecule has 1 heterocycles. The zero-order chi connectivity index (χ0) is 5.98. The molecule has 0 spiro atoms. The van der Waals surface area contributed by atoms with Gasteiger partial charge < -0.3 is 5.43 Å². The van der Waals surface area contributed by atoms with E-state index in [0.717, 1.165) is 0 Å². The molecule has 1 radical (unpaired) electrons. The second-order valence-corrected chi connectivity index (χ2v) is 1.56. The molecule has 0 fully saturated rings. The lowest BCUT2D eigenvalue weighted by atomic mass is 10.5. The Morgan fingerprint density at radius 2 is 2.62 bits per heavy atom.